The zero-order chi connectivity index (χ0) is 17.4. The molecule has 0 aliphatic carbocycles. The van der Waals surface area contributed by atoms with Crippen LogP contribution in [0.15, 0.2) is 23.5 Å². The largest absolute Gasteiger partial charge is 0.415 e. The number of ether oxygens (including phenoxy) is 1. The van der Waals surface area contributed by atoms with Crippen LogP contribution in [0.25, 0.3) is 0 Å². The van der Waals surface area contributed by atoms with E-state index < -0.39 is 6.10 Å². The molecule has 0 unspecified atom stereocenters. The van der Waals surface area contributed by atoms with Crippen LogP contribution in [-0.4, -0.2) is 34.3 Å². The van der Waals surface area contributed by atoms with Gasteiger partial charge in [0.05, 0.1) is 6.10 Å². The Morgan fingerprint density at radius 2 is 1.64 bits per heavy atom. The highest BCUT2D eigenvalue weighted by Crippen LogP contribution is 2.17. The van der Waals surface area contributed by atoms with E-state index in [1.54, 1.807) is 4.90 Å². The summed E-state index contributed by atoms with van der Waals surface area (Å²) in [5.41, 5.74) is 1.04. The number of nitrogens with zero attached hydrogens (tertiary/aromatic N) is 1. The highest BCUT2D eigenvalue weighted by molar-refractivity contribution is 5.70. The minimum atomic E-state index is -0.439. The normalized spacial score (nSPS) is 14.8. The van der Waals surface area contributed by atoms with Crippen molar-refractivity contribution >= 4 is 6.09 Å². The summed E-state index contributed by atoms with van der Waals surface area (Å²) in [6.07, 6.45) is 3.52. The lowest BCUT2D eigenvalue weighted by Gasteiger charge is -2.30. The summed E-state index contributed by atoms with van der Waals surface area (Å²) in [5.74, 6) is 0.422. The first-order chi connectivity index (χ1) is 10.1. The Hall–Kier alpha value is -1.29. The molecule has 22 heavy (non-hydrogen) atoms. The van der Waals surface area contributed by atoms with Gasteiger partial charge in [0, 0.05) is 18.0 Å². The monoisotopic (exact) mass is 311 g/mol. The quantitative estimate of drug-likeness (QED) is 0.556. The van der Waals surface area contributed by atoms with Crippen LogP contribution in [0, 0.1) is 5.92 Å². The molecular weight excluding hydrogens is 278 g/mol. The minimum absolute atomic E-state index is 0.0686. The van der Waals surface area contributed by atoms with E-state index in [2.05, 4.69) is 0 Å². The third kappa shape index (κ3) is 7.12. The van der Waals surface area contributed by atoms with Gasteiger partial charge >= 0.3 is 6.09 Å². The lowest BCUT2D eigenvalue weighted by molar-refractivity contribution is 0.101. The molecule has 0 heterocycles. The van der Waals surface area contributed by atoms with E-state index in [1.165, 1.54) is 0 Å². The van der Waals surface area contributed by atoms with E-state index in [9.17, 15) is 9.90 Å². The number of rotatable bonds is 7. The summed E-state index contributed by atoms with van der Waals surface area (Å²) in [5, 5.41) is 9.91. The molecule has 2 atom stereocenters. The highest BCUT2D eigenvalue weighted by Gasteiger charge is 2.23. The van der Waals surface area contributed by atoms with Crippen molar-refractivity contribution in [1.29, 1.82) is 0 Å². The van der Waals surface area contributed by atoms with Gasteiger partial charge in [0.25, 0.3) is 0 Å². The van der Waals surface area contributed by atoms with E-state index in [0.717, 1.165) is 5.57 Å². The molecule has 0 aliphatic rings. The summed E-state index contributed by atoms with van der Waals surface area (Å²) in [6.45, 7) is 15.6. The maximum absolute atomic E-state index is 12.4. The second-order valence-electron chi connectivity index (χ2n) is 6.59. The molecule has 128 valence electrons. The number of allylic oxidation sites excluding steroid dienone is 2. The summed E-state index contributed by atoms with van der Waals surface area (Å²) in [6, 6.07) is 0.137. The fourth-order valence-electron chi connectivity index (χ4n) is 2.31. The van der Waals surface area contributed by atoms with Crippen molar-refractivity contribution in [2.24, 2.45) is 5.92 Å². The lowest BCUT2D eigenvalue weighted by Crippen LogP contribution is -2.42. The SMILES string of the molecule is CC[C@@H](O)[C@@H](C)/C=C(/C=C(C)C)OC(=O)N(C(C)C)C(C)C. The van der Waals surface area contributed by atoms with Crippen molar-refractivity contribution in [3.8, 4) is 0 Å². The molecule has 4 heteroatoms. The van der Waals surface area contributed by atoms with E-state index in [0.29, 0.717) is 12.2 Å². The van der Waals surface area contributed by atoms with Gasteiger partial charge in [-0.15, -0.1) is 0 Å². The molecule has 0 radical (unpaired) electrons. The number of carbonyl (C=O) groups is 1. The van der Waals surface area contributed by atoms with Crippen molar-refractivity contribution in [1.82, 2.24) is 4.90 Å². The second kappa shape index (κ2) is 9.67. The maximum Gasteiger partial charge on any atom is 0.415 e. The van der Waals surface area contributed by atoms with Crippen LogP contribution in [0.2, 0.25) is 0 Å². The van der Waals surface area contributed by atoms with Gasteiger partial charge in [0.1, 0.15) is 5.76 Å². The summed E-state index contributed by atoms with van der Waals surface area (Å²) in [4.78, 5) is 14.1. The van der Waals surface area contributed by atoms with Crippen LogP contribution in [0.1, 0.15) is 61.8 Å². The van der Waals surface area contributed by atoms with E-state index in [4.69, 9.17) is 4.74 Å². The molecule has 0 aliphatic heterocycles. The third-order valence-corrected chi connectivity index (χ3v) is 3.41. The predicted octanol–water partition coefficient (Wildman–Crippen LogP) is 4.50. The van der Waals surface area contributed by atoms with Crippen LogP contribution >= 0.6 is 0 Å². The van der Waals surface area contributed by atoms with Crippen LogP contribution in [0.3, 0.4) is 0 Å². The fourth-order valence-corrected chi connectivity index (χ4v) is 2.31. The smallest absolute Gasteiger partial charge is 0.411 e. The van der Waals surface area contributed by atoms with Gasteiger partial charge in [-0.3, -0.25) is 0 Å². The Morgan fingerprint density at radius 3 is 2.00 bits per heavy atom. The molecule has 1 amide bonds. The minimum Gasteiger partial charge on any atom is -0.411 e. The third-order valence-electron chi connectivity index (χ3n) is 3.41. The zero-order valence-corrected chi connectivity index (χ0v) is 15.4. The second-order valence-corrected chi connectivity index (χ2v) is 6.59. The average molecular weight is 311 g/mol. The molecule has 0 fully saturated rings. The van der Waals surface area contributed by atoms with Gasteiger partial charge in [0.15, 0.2) is 0 Å². The Bertz CT molecular complexity index is 399. The van der Waals surface area contributed by atoms with Crippen molar-refractivity contribution in [2.75, 3.05) is 0 Å². The number of carbonyl (C=O) groups excluding carboxylic acids is 1. The first kappa shape index (κ1) is 20.7. The molecule has 0 spiro atoms. The fraction of sp³-hybridized carbons (Fsp3) is 0.722. The standard InChI is InChI=1S/C18H33NO3/c1-9-17(20)15(8)11-16(10-12(2)3)22-18(21)19(13(4)5)14(6)7/h10-11,13-15,17,20H,9H2,1-8H3/b16-11-/t15-,17+/m0/s1. The molecule has 0 rings (SSSR count). The summed E-state index contributed by atoms with van der Waals surface area (Å²) >= 11 is 0. The van der Waals surface area contributed by atoms with Gasteiger partial charge in [-0.2, -0.15) is 0 Å². The molecular formula is C18H33NO3. The molecule has 0 aromatic heterocycles. The first-order valence-electron chi connectivity index (χ1n) is 8.15. The Kier molecular flexibility index (Phi) is 9.10. The number of aliphatic hydroxyl groups excluding tert-OH is 1. The van der Waals surface area contributed by atoms with Crippen molar-refractivity contribution in [3.05, 3.63) is 23.5 Å². The van der Waals surface area contributed by atoms with E-state index >= 15 is 0 Å². The van der Waals surface area contributed by atoms with Gasteiger partial charge in [0.2, 0.25) is 0 Å². The number of hydrogen-bond donors (Lipinski definition) is 1. The number of amides is 1. The van der Waals surface area contributed by atoms with E-state index in [-0.39, 0.29) is 24.1 Å². The number of aliphatic hydroxyl groups is 1. The first-order valence-corrected chi connectivity index (χ1v) is 8.15. The highest BCUT2D eigenvalue weighted by atomic mass is 16.6. The molecule has 0 aromatic rings. The average Bonchev–Trinajstić information content (AvgIpc) is 2.35. The molecule has 1 N–H and O–H groups in total. The number of hydrogen-bond acceptors (Lipinski definition) is 3. The van der Waals surface area contributed by atoms with Crippen molar-refractivity contribution in [3.63, 3.8) is 0 Å². The van der Waals surface area contributed by atoms with Crippen LogP contribution in [-0.2, 0) is 4.74 Å². The Balaban J connectivity index is 5.27. The molecule has 0 saturated carbocycles. The van der Waals surface area contributed by atoms with Gasteiger partial charge in [-0.25, -0.2) is 4.79 Å². The summed E-state index contributed by atoms with van der Waals surface area (Å²) < 4.78 is 5.57. The summed E-state index contributed by atoms with van der Waals surface area (Å²) in [7, 11) is 0. The van der Waals surface area contributed by atoms with E-state index in [1.807, 2.05) is 67.5 Å². The van der Waals surface area contributed by atoms with Crippen LogP contribution in [0.5, 0.6) is 0 Å². The molecule has 0 bridgehead atoms. The Labute approximate surface area is 135 Å². The van der Waals surface area contributed by atoms with Crippen molar-refractivity contribution in [2.45, 2.75) is 80.0 Å². The maximum atomic E-state index is 12.4. The van der Waals surface area contributed by atoms with Crippen molar-refractivity contribution < 1.29 is 14.6 Å². The van der Waals surface area contributed by atoms with Gasteiger partial charge < -0.3 is 14.7 Å². The molecule has 4 nitrogen and oxygen atoms in total. The Morgan fingerprint density at radius 1 is 1.14 bits per heavy atom. The molecule has 0 saturated heterocycles. The van der Waals surface area contributed by atoms with Crippen LogP contribution in [0.4, 0.5) is 4.79 Å². The van der Waals surface area contributed by atoms with Gasteiger partial charge in [-0.1, -0.05) is 19.4 Å². The molecule has 0 aromatic carbocycles. The zero-order valence-electron chi connectivity index (χ0n) is 15.4. The topological polar surface area (TPSA) is 49.8 Å². The van der Waals surface area contributed by atoms with Crippen LogP contribution < -0.4 is 0 Å². The van der Waals surface area contributed by atoms with Gasteiger partial charge in [-0.05, 0) is 60.1 Å². The predicted molar refractivity (Wildman–Crippen MR) is 91.6 cm³/mol. The lowest BCUT2D eigenvalue weighted by atomic mass is 10.0.